The number of esters is 1. The molecule has 1 fully saturated rings. The van der Waals surface area contributed by atoms with E-state index >= 15 is 0 Å². The van der Waals surface area contributed by atoms with Crippen LogP contribution in [-0.4, -0.2) is 36.1 Å². The fourth-order valence-electron chi connectivity index (χ4n) is 4.38. The number of amides is 1. The molecule has 176 valence electrons. The van der Waals surface area contributed by atoms with Crippen LogP contribution in [0.25, 0.3) is 11.0 Å². The van der Waals surface area contributed by atoms with E-state index in [1.54, 1.807) is 12.1 Å². The number of thioether (sulfide) groups is 1. The Morgan fingerprint density at radius 3 is 2.76 bits per heavy atom. The van der Waals surface area contributed by atoms with Gasteiger partial charge in [-0.15, -0.1) is 0 Å². The maximum Gasteiger partial charge on any atom is 0.375 e. The minimum absolute atomic E-state index is 0.0588. The third-order valence-corrected chi connectivity index (χ3v) is 7.57. The number of ether oxygens (including phenoxy) is 2. The van der Waals surface area contributed by atoms with Crippen molar-refractivity contribution in [2.75, 3.05) is 18.5 Å². The lowest BCUT2D eigenvalue weighted by Gasteiger charge is -2.20. The lowest BCUT2D eigenvalue weighted by atomic mass is 10.0. The molecule has 0 radical (unpaired) electrons. The monoisotopic (exact) mass is 479 g/mol. The first-order valence-electron chi connectivity index (χ1n) is 11.5. The van der Waals surface area contributed by atoms with Gasteiger partial charge in [-0.25, -0.2) is 4.79 Å². The van der Waals surface area contributed by atoms with Crippen LogP contribution in [0.2, 0.25) is 0 Å². The van der Waals surface area contributed by atoms with E-state index in [0.29, 0.717) is 33.6 Å². The summed E-state index contributed by atoms with van der Waals surface area (Å²) < 4.78 is 16.5. The second-order valence-corrected chi connectivity index (χ2v) is 9.81. The van der Waals surface area contributed by atoms with Gasteiger partial charge in [0.05, 0.1) is 5.69 Å². The maximum absolute atomic E-state index is 12.9. The van der Waals surface area contributed by atoms with Crippen molar-refractivity contribution in [1.29, 1.82) is 0 Å². The molecule has 7 nitrogen and oxygen atoms in total. The summed E-state index contributed by atoms with van der Waals surface area (Å²) in [6, 6.07) is 12.3. The van der Waals surface area contributed by atoms with E-state index in [1.807, 2.05) is 36.0 Å². The summed E-state index contributed by atoms with van der Waals surface area (Å²) >= 11 is 1.85. The van der Waals surface area contributed by atoms with E-state index in [2.05, 4.69) is 5.32 Å². The van der Waals surface area contributed by atoms with Crippen molar-refractivity contribution in [2.24, 2.45) is 0 Å². The Kier molecular flexibility index (Phi) is 6.58. The third kappa shape index (κ3) is 4.82. The van der Waals surface area contributed by atoms with Gasteiger partial charge in [-0.1, -0.05) is 37.5 Å². The minimum atomic E-state index is -0.654. The molecule has 5 rings (SSSR count). The number of furan rings is 1. The van der Waals surface area contributed by atoms with Crippen LogP contribution in [0.15, 0.2) is 46.9 Å². The predicted octanol–water partition coefficient (Wildman–Crippen LogP) is 5.37. The van der Waals surface area contributed by atoms with Gasteiger partial charge in [-0.05, 0) is 37.1 Å². The summed E-state index contributed by atoms with van der Waals surface area (Å²) in [7, 11) is 0. The van der Waals surface area contributed by atoms with E-state index in [1.165, 1.54) is 38.2 Å². The van der Waals surface area contributed by atoms with E-state index in [4.69, 9.17) is 13.9 Å². The zero-order valence-electron chi connectivity index (χ0n) is 18.6. The molecule has 0 spiro atoms. The highest BCUT2D eigenvalue weighted by Gasteiger charge is 2.25. The number of rotatable bonds is 7. The molecule has 1 aromatic heterocycles. The average molecular weight is 480 g/mol. The molecule has 2 aromatic carbocycles. The quantitative estimate of drug-likeness (QED) is 0.360. The second kappa shape index (κ2) is 9.93. The lowest BCUT2D eigenvalue weighted by molar-refractivity contribution is -0.118. The van der Waals surface area contributed by atoms with Crippen molar-refractivity contribution in [2.45, 2.75) is 43.1 Å². The van der Waals surface area contributed by atoms with Gasteiger partial charge in [0.1, 0.15) is 11.3 Å². The van der Waals surface area contributed by atoms with Gasteiger partial charge in [0.2, 0.25) is 5.76 Å². The Morgan fingerprint density at radius 2 is 1.91 bits per heavy atom. The molecule has 0 atom stereocenters. The highest BCUT2D eigenvalue weighted by molar-refractivity contribution is 7.99. The topological polar surface area (TPSA) is 94.8 Å². The molecule has 1 amide bonds. The lowest BCUT2D eigenvalue weighted by Crippen LogP contribution is -2.25. The van der Waals surface area contributed by atoms with Crippen LogP contribution in [0.3, 0.4) is 0 Å². The molecule has 1 aliphatic carbocycles. The molecule has 8 heteroatoms. The van der Waals surface area contributed by atoms with Gasteiger partial charge in [0, 0.05) is 27.5 Å². The van der Waals surface area contributed by atoms with Gasteiger partial charge < -0.3 is 19.2 Å². The molecule has 0 bridgehead atoms. The number of ketones is 1. The number of hydrogen-bond acceptors (Lipinski definition) is 7. The van der Waals surface area contributed by atoms with Crippen LogP contribution in [0, 0.1) is 0 Å². The first-order valence-corrected chi connectivity index (χ1v) is 12.5. The fraction of sp³-hybridized carbons (Fsp3) is 0.346. The normalized spacial score (nSPS) is 15.9. The van der Waals surface area contributed by atoms with Crippen molar-refractivity contribution < 1.29 is 28.3 Å². The SMILES string of the molecule is O=C1COc2ccc(C(=O)COC(=O)c3oc4ccccc4c3CSC3CCCCC3)cc2N1. The standard InChI is InChI=1S/C26H25NO6S/c28-21(16-10-11-23-20(12-16)27-24(29)14-31-23)13-32-26(30)25-19(15-34-17-6-2-1-3-7-17)18-8-4-5-9-22(18)33-25/h4-5,8-12,17H,1-3,6-7,13-15H2,(H,27,29). The third-order valence-electron chi connectivity index (χ3n) is 6.17. The van der Waals surface area contributed by atoms with Crippen LogP contribution >= 0.6 is 11.8 Å². The molecule has 0 unspecified atom stereocenters. The second-order valence-electron chi connectivity index (χ2n) is 8.52. The summed E-state index contributed by atoms with van der Waals surface area (Å²) in [6.45, 7) is -0.491. The number of nitrogens with one attached hydrogen (secondary N) is 1. The van der Waals surface area contributed by atoms with Crippen LogP contribution in [0.5, 0.6) is 5.75 Å². The smallest absolute Gasteiger partial charge is 0.375 e. The van der Waals surface area contributed by atoms with Gasteiger partial charge in [0.15, 0.2) is 19.0 Å². The summed E-state index contributed by atoms with van der Waals surface area (Å²) in [6.07, 6.45) is 6.18. The Labute approximate surface area is 201 Å². The summed E-state index contributed by atoms with van der Waals surface area (Å²) in [5, 5.41) is 4.15. The van der Waals surface area contributed by atoms with Crippen molar-refractivity contribution in [3.05, 3.63) is 59.4 Å². The van der Waals surface area contributed by atoms with Crippen molar-refractivity contribution >= 4 is 46.1 Å². The molecule has 0 saturated heterocycles. The molecule has 2 heterocycles. The van der Waals surface area contributed by atoms with E-state index in [0.717, 1.165) is 10.9 Å². The maximum atomic E-state index is 12.9. The first kappa shape index (κ1) is 22.5. The van der Waals surface area contributed by atoms with E-state index in [-0.39, 0.29) is 24.1 Å². The van der Waals surface area contributed by atoms with E-state index in [9.17, 15) is 14.4 Å². The van der Waals surface area contributed by atoms with Crippen molar-refractivity contribution in [3.63, 3.8) is 0 Å². The van der Waals surface area contributed by atoms with Crippen LogP contribution in [0.1, 0.15) is 58.6 Å². The summed E-state index contributed by atoms with van der Waals surface area (Å²) in [5.74, 6) is -0.0144. The number of Topliss-reactive ketones (excluding diaryl/α,β-unsaturated/α-hetero) is 1. The predicted molar refractivity (Wildman–Crippen MR) is 130 cm³/mol. The van der Waals surface area contributed by atoms with Gasteiger partial charge in [-0.2, -0.15) is 11.8 Å². The van der Waals surface area contributed by atoms with Gasteiger partial charge in [-0.3, -0.25) is 9.59 Å². The number of anilines is 1. The molecule has 2 aliphatic rings. The highest BCUT2D eigenvalue weighted by Crippen LogP contribution is 2.35. The minimum Gasteiger partial charge on any atom is -0.482 e. The Morgan fingerprint density at radius 1 is 1.09 bits per heavy atom. The fourth-order valence-corrected chi connectivity index (χ4v) is 5.73. The first-order chi connectivity index (χ1) is 16.6. The molecule has 3 aromatic rings. The van der Waals surface area contributed by atoms with Crippen molar-refractivity contribution in [1.82, 2.24) is 0 Å². The molecule has 34 heavy (non-hydrogen) atoms. The Balaban J connectivity index is 1.29. The summed E-state index contributed by atoms with van der Waals surface area (Å²) in [4.78, 5) is 37.2. The zero-order valence-corrected chi connectivity index (χ0v) is 19.4. The molecular weight excluding hydrogens is 454 g/mol. The van der Waals surface area contributed by atoms with Crippen LogP contribution < -0.4 is 10.1 Å². The number of benzene rings is 2. The van der Waals surface area contributed by atoms with Gasteiger partial charge >= 0.3 is 5.97 Å². The number of carbonyl (C=O) groups is 3. The summed E-state index contributed by atoms with van der Waals surface area (Å²) in [5.41, 5.74) is 2.19. The molecule has 1 saturated carbocycles. The van der Waals surface area contributed by atoms with Crippen LogP contribution in [-0.2, 0) is 15.3 Å². The Hall–Kier alpha value is -3.26. The number of hydrogen-bond donors (Lipinski definition) is 1. The Bertz CT molecular complexity index is 1240. The average Bonchev–Trinajstić information content (AvgIpc) is 3.24. The van der Waals surface area contributed by atoms with Crippen LogP contribution in [0.4, 0.5) is 5.69 Å². The zero-order chi connectivity index (χ0) is 23.5. The largest absolute Gasteiger partial charge is 0.482 e. The molecular formula is C26H25NO6S. The highest BCUT2D eigenvalue weighted by atomic mass is 32.2. The van der Waals surface area contributed by atoms with E-state index < -0.39 is 12.6 Å². The van der Waals surface area contributed by atoms with Crippen molar-refractivity contribution in [3.8, 4) is 5.75 Å². The number of para-hydroxylation sites is 1. The molecule has 1 N–H and O–H groups in total. The number of fused-ring (bicyclic) bond motifs is 2. The molecule has 1 aliphatic heterocycles. The number of carbonyl (C=O) groups excluding carboxylic acids is 3. The van der Waals surface area contributed by atoms with Gasteiger partial charge in [0.25, 0.3) is 5.91 Å².